The quantitative estimate of drug-likeness (QED) is 0.487. The van der Waals surface area contributed by atoms with E-state index in [0.29, 0.717) is 22.8 Å². The molecule has 4 aromatic rings. The number of aryl methyl sites for hydroxylation is 1. The molecule has 0 bridgehead atoms. The number of benzene rings is 3. The molecule has 1 atom stereocenters. The van der Waals surface area contributed by atoms with Crippen molar-refractivity contribution in [3.63, 3.8) is 0 Å². The molecule has 0 aliphatic rings. The van der Waals surface area contributed by atoms with Crippen molar-refractivity contribution < 1.29 is 13.5 Å². The van der Waals surface area contributed by atoms with Gasteiger partial charge in [0.05, 0.1) is 7.05 Å². The van der Waals surface area contributed by atoms with Crippen molar-refractivity contribution in [2.75, 3.05) is 5.32 Å². The molecule has 146 valence electrons. The van der Waals surface area contributed by atoms with Crippen molar-refractivity contribution in [3.8, 4) is 22.9 Å². The number of hydrogen-bond acceptors (Lipinski definition) is 7. The van der Waals surface area contributed by atoms with E-state index in [0.717, 1.165) is 11.4 Å². The maximum Gasteiger partial charge on any atom is 0.207 e. The number of rotatable bonds is 6. The van der Waals surface area contributed by atoms with Crippen LogP contribution in [0.2, 0.25) is 0 Å². The van der Waals surface area contributed by atoms with Crippen molar-refractivity contribution >= 4 is 22.5 Å². The molecule has 1 heterocycles. The predicted molar refractivity (Wildman–Crippen MR) is 108 cm³/mol. The Hall–Kier alpha value is -3.56. The molecule has 1 N–H and O–H groups in total. The molecular formula is C20H16N5O3S-. The highest BCUT2D eigenvalue weighted by Crippen LogP contribution is 2.31. The van der Waals surface area contributed by atoms with E-state index in [1.54, 1.807) is 13.1 Å². The Morgan fingerprint density at radius 1 is 1.00 bits per heavy atom. The van der Waals surface area contributed by atoms with Crippen LogP contribution in [0.5, 0.6) is 11.5 Å². The van der Waals surface area contributed by atoms with Gasteiger partial charge in [0.1, 0.15) is 11.5 Å². The number of tetrazole rings is 1. The second kappa shape index (κ2) is 8.21. The Kier molecular flexibility index (Phi) is 5.32. The van der Waals surface area contributed by atoms with E-state index in [2.05, 4.69) is 20.7 Å². The van der Waals surface area contributed by atoms with Crippen molar-refractivity contribution in [1.82, 2.24) is 20.2 Å². The van der Waals surface area contributed by atoms with Gasteiger partial charge in [-0.05, 0) is 70.9 Å². The molecule has 0 radical (unpaired) electrons. The summed E-state index contributed by atoms with van der Waals surface area (Å²) >= 11 is -2.36. The standard InChI is InChI=1S/C20H17N5O3S/c1-25-23-20(22-24-25)18-13-17(29(26)27)11-12-19(18)21-14-7-9-16(10-8-14)28-15-5-3-2-4-6-15/h2-13,21H,1H3,(H,26,27)/p-1. The first-order valence-corrected chi connectivity index (χ1v) is 9.74. The van der Waals surface area contributed by atoms with Crippen LogP contribution in [-0.2, 0) is 18.1 Å². The zero-order valence-corrected chi connectivity index (χ0v) is 16.2. The van der Waals surface area contributed by atoms with Crippen LogP contribution in [0.4, 0.5) is 11.4 Å². The normalized spacial score (nSPS) is 11.8. The van der Waals surface area contributed by atoms with Crippen LogP contribution < -0.4 is 10.1 Å². The fourth-order valence-electron chi connectivity index (χ4n) is 2.70. The van der Waals surface area contributed by atoms with E-state index in [-0.39, 0.29) is 4.90 Å². The lowest BCUT2D eigenvalue weighted by atomic mass is 10.1. The van der Waals surface area contributed by atoms with Crippen molar-refractivity contribution in [2.45, 2.75) is 4.90 Å². The van der Waals surface area contributed by atoms with Gasteiger partial charge < -0.3 is 14.6 Å². The average Bonchev–Trinajstić information content (AvgIpc) is 3.16. The van der Waals surface area contributed by atoms with E-state index in [9.17, 15) is 8.76 Å². The molecule has 1 aromatic heterocycles. The maximum absolute atomic E-state index is 11.4. The Balaban J connectivity index is 1.59. The Bertz CT molecular complexity index is 1150. The third-order valence-electron chi connectivity index (χ3n) is 4.04. The highest BCUT2D eigenvalue weighted by Gasteiger charge is 2.12. The molecule has 0 aliphatic heterocycles. The molecule has 9 heteroatoms. The number of nitrogens with one attached hydrogen (secondary N) is 1. The summed E-state index contributed by atoms with van der Waals surface area (Å²) in [5.74, 6) is 1.78. The van der Waals surface area contributed by atoms with Crippen LogP contribution >= 0.6 is 0 Å². The Morgan fingerprint density at radius 3 is 2.38 bits per heavy atom. The monoisotopic (exact) mass is 406 g/mol. The lowest BCUT2D eigenvalue weighted by Gasteiger charge is -2.13. The van der Waals surface area contributed by atoms with Gasteiger partial charge in [0, 0.05) is 21.8 Å². The third-order valence-corrected chi connectivity index (χ3v) is 4.68. The van der Waals surface area contributed by atoms with Gasteiger partial charge in [-0.3, -0.25) is 4.21 Å². The van der Waals surface area contributed by atoms with Crippen LogP contribution in [-0.4, -0.2) is 29.0 Å². The van der Waals surface area contributed by atoms with E-state index < -0.39 is 11.1 Å². The van der Waals surface area contributed by atoms with Crippen molar-refractivity contribution in [2.24, 2.45) is 7.05 Å². The summed E-state index contributed by atoms with van der Waals surface area (Å²) in [6.07, 6.45) is 0. The first-order valence-electron chi connectivity index (χ1n) is 8.66. The number of ether oxygens (including phenoxy) is 1. The number of aromatic nitrogens is 4. The first kappa shape index (κ1) is 18.8. The molecule has 0 fully saturated rings. The summed E-state index contributed by atoms with van der Waals surface area (Å²) in [5, 5.41) is 15.3. The van der Waals surface area contributed by atoms with Gasteiger partial charge in [0.2, 0.25) is 5.82 Å². The molecule has 0 aliphatic carbocycles. The van der Waals surface area contributed by atoms with Crippen LogP contribution in [0.15, 0.2) is 77.7 Å². The fourth-order valence-corrected chi connectivity index (χ4v) is 3.09. The van der Waals surface area contributed by atoms with Gasteiger partial charge in [0.15, 0.2) is 0 Å². The third kappa shape index (κ3) is 4.48. The minimum atomic E-state index is -2.36. The van der Waals surface area contributed by atoms with E-state index in [4.69, 9.17) is 4.74 Å². The highest BCUT2D eigenvalue weighted by molar-refractivity contribution is 7.79. The number of para-hydroxylation sites is 1. The summed E-state index contributed by atoms with van der Waals surface area (Å²) < 4.78 is 28.5. The highest BCUT2D eigenvalue weighted by atomic mass is 32.2. The van der Waals surface area contributed by atoms with Crippen LogP contribution in [0, 0.1) is 0 Å². The largest absolute Gasteiger partial charge is 0.768 e. The topological polar surface area (TPSA) is 105 Å². The number of hydrogen-bond donors (Lipinski definition) is 1. The molecule has 1 unspecified atom stereocenters. The molecule has 4 rings (SSSR count). The molecule has 0 saturated carbocycles. The summed E-state index contributed by atoms with van der Waals surface area (Å²) in [4.78, 5) is 1.46. The van der Waals surface area contributed by atoms with Gasteiger partial charge in [-0.1, -0.05) is 18.2 Å². The molecule has 0 spiro atoms. The zero-order valence-electron chi connectivity index (χ0n) is 15.4. The number of nitrogens with zero attached hydrogens (tertiary/aromatic N) is 4. The molecule has 8 nitrogen and oxygen atoms in total. The number of anilines is 2. The maximum atomic E-state index is 11.4. The summed E-state index contributed by atoms with van der Waals surface area (Å²) in [6, 6.07) is 21.6. The molecule has 0 amide bonds. The van der Waals surface area contributed by atoms with E-state index in [1.807, 2.05) is 54.6 Å². The van der Waals surface area contributed by atoms with Crippen LogP contribution in [0.25, 0.3) is 11.4 Å². The molecule has 3 aromatic carbocycles. The first-order chi connectivity index (χ1) is 14.1. The van der Waals surface area contributed by atoms with Gasteiger partial charge in [-0.25, -0.2) is 0 Å². The summed E-state index contributed by atoms with van der Waals surface area (Å²) in [6.45, 7) is 0. The average molecular weight is 406 g/mol. The second-order valence-corrected chi connectivity index (χ2v) is 7.05. The lowest BCUT2D eigenvalue weighted by Crippen LogP contribution is -1.98. The predicted octanol–water partition coefficient (Wildman–Crippen LogP) is 3.65. The van der Waals surface area contributed by atoms with E-state index in [1.165, 1.54) is 16.9 Å². The van der Waals surface area contributed by atoms with E-state index >= 15 is 0 Å². The van der Waals surface area contributed by atoms with Crippen LogP contribution in [0.3, 0.4) is 0 Å². The smallest absolute Gasteiger partial charge is 0.207 e. The minimum absolute atomic E-state index is 0.143. The minimum Gasteiger partial charge on any atom is -0.768 e. The Morgan fingerprint density at radius 2 is 1.72 bits per heavy atom. The summed E-state index contributed by atoms with van der Waals surface area (Å²) in [7, 11) is 1.64. The fraction of sp³-hybridized carbons (Fsp3) is 0.0500. The molecule has 29 heavy (non-hydrogen) atoms. The van der Waals surface area contributed by atoms with Gasteiger partial charge in [-0.15, -0.1) is 10.2 Å². The Labute approximate surface area is 169 Å². The SMILES string of the molecule is Cn1nnc(-c2cc(S(=O)[O-])ccc2Nc2ccc(Oc3ccccc3)cc2)n1. The van der Waals surface area contributed by atoms with Gasteiger partial charge in [0.25, 0.3) is 0 Å². The summed E-state index contributed by atoms with van der Waals surface area (Å²) in [5.41, 5.74) is 1.99. The zero-order chi connectivity index (χ0) is 20.2. The molecular weight excluding hydrogens is 390 g/mol. The second-order valence-electron chi connectivity index (χ2n) is 6.11. The lowest BCUT2D eigenvalue weighted by molar-refractivity contribution is 0.483. The van der Waals surface area contributed by atoms with Crippen LogP contribution in [0.1, 0.15) is 0 Å². The van der Waals surface area contributed by atoms with Gasteiger partial charge in [-0.2, -0.15) is 4.80 Å². The van der Waals surface area contributed by atoms with Crippen molar-refractivity contribution in [3.05, 3.63) is 72.8 Å². The van der Waals surface area contributed by atoms with Gasteiger partial charge >= 0.3 is 0 Å². The molecule has 0 saturated heterocycles. The van der Waals surface area contributed by atoms with Crippen molar-refractivity contribution in [1.29, 1.82) is 0 Å².